The smallest absolute Gasteiger partial charge is 0.260 e. The van der Waals surface area contributed by atoms with Gasteiger partial charge in [-0.2, -0.15) is 0 Å². The van der Waals surface area contributed by atoms with Crippen molar-refractivity contribution in [2.24, 2.45) is 11.3 Å². The predicted molar refractivity (Wildman–Crippen MR) is 102 cm³/mol. The minimum absolute atomic E-state index is 0.106. The first-order valence-corrected chi connectivity index (χ1v) is 9.43. The molecule has 4 rings (SSSR count). The van der Waals surface area contributed by atoms with Crippen LogP contribution in [0.4, 0.5) is 11.4 Å². The number of anilines is 2. The lowest BCUT2D eigenvalue weighted by Crippen LogP contribution is -2.44. The summed E-state index contributed by atoms with van der Waals surface area (Å²) in [5, 5.41) is 12.9. The first-order chi connectivity index (χ1) is 13.1. The van der Waals surface area contributed by atoms with Crippen LogP contribution in [0.1, 0.15) is 41.8 Å². The fraction of sp³-hybridized carbons (Fsp3) is 0.450. The number of fused-ring (bicyclic) bond motifs is 1. The van der Waals surface area contributed by atoms with Gasteiger partial charge in [-0.25, -0.2) is 0 Å². The van der Waals surface area contributed by atoms with E-state index in [1.165, 1.54) is 12.6 Å². The molecule has 0 unspecified atom stereocenters. The van der Waals surface area contributed by atoms with Crippen LogP contribution in [0.5, 0.6) is 0 Å². The normalized spacial score (nSPS) is 24.3. The molecule has 1 aliphatic carbocycles. The van der Waals surface area contributed by atoms with Crippen molar-refractivity contribution in [2.45, 2.75) is 32.6 Å². The second kappa shape index (κ2) is 7.15. The van der Waals surface area contributed by atoms with Crippen molar-refractivity contribution in [3.05, 3.63) is 41.8 Å². The zero-order valence-electron chi connectivity index (χ0n) is 15.4. The Morgan fingerprint density at radius 3 is 2.63 bits per heavy atom. The van der Waals surface area contributed by atoms with Gasteiger partial charge in [-0.1, -0.05) is 18.0 Å². The zero-order chi connectivity index (χ0) is 18.9. The van der Waals surface area contributed by atoms with Crippen molar-refractivity contribution in [1.29, 1.82) is 0 Å². The molecule has 1 aromatic heterocycles. The quantitative estimate of drug-likeness (QED) is 0.771. The lowest BCUT2D eigenvalue weighted by molar-refractivity contribution is -0.128. The maximum absolute atomic E-state index is 13.0. The van der Waals surface area contributed by atoms with Gasteiger partial charge < -0.3 is 20.5 Å². The summed E-state index contributed by atoms with van der Waals surface area (Å²) >= 11 is 0. The van der Waals surface area contributed by atoms with E-state index in [1.807, 2.05) is 12.1 Å². The van der Waals surface area contributed by atoms with Crippen LogP contribution in [0.2, 0.25) is 0 Å². The Kier molecular flexibility index (Phi) is 4.70. The molecule has 142 valence electrons. The maximum atomic E-state index is 13.0. The standard InChI is InChI=1S/C20H24N4O3/c1-13-17(11-22-27-13)18(25)23-15-5-7-16(8-6-15)24-19(26)20-9-3-2-4-14(20)10-21-12-20/h5-8,11,14,21H,2-4,9-10,12H2,1H3,(H,23,25)(H,24,26)/t14-,20+/m0/s1. The third-order valence-electron chi connectivity index (χ3n) is 5.89. The number of nitrogens with zero attached hydrogens (tertiary/aromatic N) is 1. The van der Waals surface area contributed by atoms with E-state index in [9.17, 15) is 9.59 Å². The summed E-state index contributed by atoms with van der Waals surface area (Å²) in [5.41, 5.74) is 1.51. The van der Waals surface area contributed by atoms with E-state index in [1.54, 1.807) is 19.1 Å². The largest absolute Gasteiger partial charge is 0.361 e. The molecule has 7 nitrogen and oxygen atoms in total. The summed E-state index contributed by atoms with van der Waals surface area (Å²) in [6, 6.07) is 7.17. The second-order valence-electron chi connectivity index (χ2n) is 7.51. The van der Waals surface area contributed by atoms with Gasteiger partial charge in [-0.05, 0) is 56.5 Å². The molecule has 2 atom stereocenters. The SMILES string of the molecule is Cc1oncc1C(=O)Nc1ccc(NC(=O)[C@@]23CCCC[C@H]2CNC3)cc1. The molecule has 27 heavy (non-hydrogen) atoms. The van der Waals surface area contributed by atoms with E-state index >= 15 is 0 Å². The summed E-state index contributed by atoms with van der Waals surface area (Å²) < 4.78 is 4.91. The van der Waals surface area contributed by atoms with Crippen LogP contribution in [0.3, 0.4) is 0 Å². The lowest BCUT2D eigenvalue weighted by atomic mass is 9.67. The molecule has 1 saturated carbocycles. The fourth-order valence-electron chi connectivity index (χ4n) is 4.30. The van der Waals surface area contributed by atoms with Crippen molar-refractivity contribution in [3.8, 4) is 0 Å². The Labute approximate surface area is 157 Å². The fourth-order valence-corrected chi connectivity index (χ4v) is 4.30. The number of rotatable bonds is 4. The van der Waals surface area contributed by atoms with Gasteiger partial charge in [0.1, 0.15) is 11.3 Å². The van der Waals surface area contributed by atoms with Crippen molar-refractivity contribution in [3.63, 3.8) is 0 Å². The second-order valence-corrected chi connectivity index (χ2v) is 7.51. The zero-order valence-corrected chi connectivity index (χ0v) is 15.4. The molecule has 0 radical (unpaired) electrons. The highest BCUT2D eigenvalue weighted by Gasteiger charge is 2.49. The van der Waals surface area contributed by atoms with Gasteiger partial charge in [0.2, 0.25) is 5.91 Å². The minimum Gasteiger partial charge on any atom is -0.361 e. The van der Waals surface area contributed by atoms with E-state index < -0.39 is 0 Å². The number of nitrogens with one attached hydrogen (secondary N) is 3. The van der Waals surface area contributed by atoms with Crippen LogP contribution in [0.25, 0.3) is 0 Å². The lowest BCUT2D eigenvalue weighted by Gasteiger charge is -2.37. The molecule has 1 aliphatic heterocycles. The Morgan fingerprint density at radius 1 is 1.19 bits per heavy atom. The average molecular weight is 368 g/mol. The van der Waals surface area contributed by atoms with Gasteiger partial charge in [0.15, 0.2) is 0 Å². The Balaban J connectivity index is 1.41. The molecule has 7 heteroatoms. The van der Waals surface area contributed by atoms with E-state index in [0.29, 0.717) is 22.9 Å². The molecule has 2 heterocycles. The highest BCUT2D eigenvalue weighted by Crippen LogP contribution is 2.44. The predicted octanol–water partition coefficient (Wildman–Crippen LogP) is 2.95. The van der Waals surface area contributed by atoms with Gasteiger partial charge >= 0.3 is 0 Å². The third kappa shape index (κ3) is 3.35. The van der Waals surface area contributed by atoms with E-state index in [0.717, 1.165) is 38.0 Å². The molecular weight excluding hydrogens is 344 g/mol. The molecule has 2 aromatic rings. The molecule has 1 saturated heterocycles. The number of carbonyl (C=O) groups excluding carboxylic acids is 2. The monoisotopic (exact) mass is 368 g/mol. The van der Waals surface area contributed by atoms with Crippen molar-refractivity contribution < 1.29 is 14.1 Å². The van der Waals surface area contributed by atoms with Gasteiger partial charge in [-0.3, -0.25) is 9.59 Å². The summed E-state index contributed by atoms with van der Waals surface area (Å²) in [6.07, 6.45) is 5.78. The molecule has 1 aromatic carbocycles. The van der Waals surface area contributed by atoms with Crippen molar-refractivity contribution in [1.82, 2.24) is 10.5 Å². The van der Waals surface area contributed by atoms with Gasteiger partial charge in [-0.15, -0.1) is 0 Å². The van der Waals surface area contributed by atoms with Crippen molar-refractivity contribution >= 4 is 23.2 Å². The van der Waals surface area contributed by atoms with E-state index in [2.05, 4.69) is 21.1 Å². The highest BCUT2D eigenvalue weighted by atomic mass is 16.5. The number of hydrogen-bond acceptors (Lipinski definition) is 5. The molecule has 2 aliphatic rings. The Bertz CT molecular complexity index is 845. The summed E-state index contributed by atoms with van der Waals surface area (Å²) in [5.74, 6) is 0.736. The minimum atomic E-state index is -0.281. The van der Waals surface area contributed by atoms with Crippen LogP contribution < -0.4 is 16.0 Å². The first-order valence-electron chi connectivity index (χ1n) is 9.43. The number of hydrogen-bond donors (Lipinski definition) is 3. The molecule has 0 spiro atoms. The van der Waals surface area contributed by atoms with Gasteiger partial charge in [0.25, 0.3) is 5.91 Å². The number of aryl methyl sites for hydroxylation is 1. The first kappa shape index (κ1) is 17.7. The average Bonchev–Trinajstić information content (AvgIpc) is 3.30. The van der Waals surface area contributed by atoms with Crippen LogP contribution in [-0.4, -0.2) is 30.1 Å². The maximum Gasteiger partial charge on any atom is 0.260 e. The highest BCUT2D eigenvalue weighted by molar-refractivity contribution is 6.04. The molecule has 2 amide bonds. The van der Waals surface area contributed by atoms with Crippen LogP contribution in [0, 0.1) is 18.3 Å². The van der Waals surface area contributed by atoms with Crippen LogP contribution in [0.15, 0.2) is 35.0 Å². The van der Waals surface area contributed by atoms with Crippen molar-refractivity contribution in [2.75, 3.05) is 23.7 Å². The number of amides is 2. The molecule has 2 fully saturated rings. The number of benzene rings is 1. The summed E-state index contributed by atoms with van der Waals surface area (Å²) in [7, 11) is 0. The number of aromatic nitrogens is 1. The number of carbonyl (C=O) groups is 2. The molecule has 0 bridgehead atoms. The molecule has 3 N–H and O–H groups in total. The summed E-state index contributed by atoms with van der Waals surface area (Å²) in [4.78, 5) is 25.2. The van der Waals surface area contributed by atoms with Crippen LogP contribution >= 0.6 is 0 Å². The van der Waals surface area contributed by atoms with Gasteiger partial charge in [0.05, 0.1) is 11.6 Å². The van der Waals surface area contributed by atoms with E-state index in [4.69, 9.17) is 4.52 Å². The Morgan fingerprint density at radius 2 is 1.93 bits per heavy atom. The Hall–Kier alpha value is -2.67. The van der Waals surface area contributed by atoms with E-state index in [-0.39, 0.29) is 17.2 Å². The molecular formula is C20H24N4O3. The third-order valence-corrected chi connectivity index (χ3v) is 5.89. The topological polar surface area (TPSA) is 96.3 Å². The van der Waals surface area contributed by atoms with Gasteiger partial charge in [0, 0.05) is 17.9 Å². The summed E-state index contributed by atoms with van der Waals surface area (Å²) in [6.45, 7) is 3.38. The van der Waals surface area contributed by atoms with Crippen LogP contribution in [-0.2, 0) is 4.79 Å².